The first-order chi connectivity index (χ1) is 14.9. The first kappa shape index (κ1) is 20.2. The number of rotatable bonds is 4. The van der Waals surface area contributed by atoms with Crippen molar-refractivity contribution in [2.45, 2.75) is 12.5 Å². The van der Waals surface area contributed by atoms with Gasteiger partial charge in [-0.05, 0) is 29.3 Å². The van der Waals surface area contributed by atoms with Gasteiger partial charge in [-0.15, -0.1) is 0 Å². The Labute approximate surface area is 183 Å². The summed E-state index contributed by atoms with van der Waals surface area (Å²) in [6.45, 7) is 1.29. The van der Waals surface area contributed by atoms with Crippen LogP contribution in [0.1, 0.15) is 22.6 Å². The Bertz CT molecular complexity index is 1190. The minimum Gasteiger partial charge on any atom is -0.384 e. The van der Waals surface area contributed by atoms with Gasteiger partial charge in [-0.1, -0.05) is 29.8 Å². The molecule has 0 bridgehead atoms. The summed E-state index contributed by atoms with van der Waals surface area (Å²) in [5, 5.41) is 31.5. The third-order valence-corrected chi connectivity index (χ3v) is 5.58. The van der Waals surface area contributed by atoms with Crippen LogP contribution in [0.25, 0.3) is 0 Å². The van der Waals surface area contributed by atoms with E-state index in [1.54, 1.807) is 41.4 Å². The van der Waals surface area contributed by atoms with Crippen LogP contribution in [0.15, 0.2) is 65.5 Å². The third kappa shape index (κ3) is 3.52. The molecule has 9 nitrogen and oxygen atoms in total. The van der Waals surface area contributed by atoms with Gasteiger partial charge in [0.25, 0.3) is 5.70 Å². The number of nitriles is 2. The van der Waals surface area contributed by atoms with E-state index in [9.17, 15) is 15.4 Å². The van der Waals surface area contributed by atoms with Gasteiger partial charge in [0.15, 0.2) is 5.82 Å². The van der Waals surface area contributed by atoms with Gasteiger partial charge < -0.3 is 15.5 Å². The average molecular weight is 434 g/mol. The molecular weight excluding hydrogens is 418 g/mol. The maximum atomic E-state index is 12.3. The van der Waals surface area contributed by atoms with Crippen molar-refractivity contribution < 1.29 is 4.92 Å². The van der Waals surface area contributed by atoms with Crippen LogP contribution >= 0.6 is 11.6 Å². The lowest BCUT2D eigenvalue weighted by atomic mass is 9.86. The van der Waals surface area contributed by atoms with Crippen LogP contribution in [0.4, 0.5) is 0 Å². The van der Waals surface area contributed by atoms with Crippen molar-refractivity contribution in [1.82, 2.24) is 14.8 Å². The predicted octanol–water partition coefficient (Wildman–Crippen LogP) is 2.66. The monoisotopic (exact) mass is 433 g/mol. The van der Waals surface area contributed by atoms with Crippen molar-refractivity contribution in [3.8, 4) is 12.1 Å². The molecular formula is C21H16ClN7O2. The molecule has 1 aromatic carbocycles. The molecule has 2 aliphatic heterocycles. The molecule has 2 aromatic rings. The zero-order valence-corrected chi connectivity index (χ0v) is 17.0. The van der Waals surface area contributed by atoms with E-state index in [-0.39, 0.29) is 17.1 Å². The normalized spacial score (nSPS) is 18.0. The number of fused-ring (bicyclic) bond motifs is 1. The van der Waals surface area contributed by atoms with Gasteiger partial charge >= 0.3 is 0 Å². The van der Waals surface area contributed by atoms with Crippen molar-refractivity contribution in [3.63, 3.8) is 0 Å². The van der Waals surface area contributed by atoms with E-state index in [1.165, 1.54) is 0 Å². The second kappa shape index (κ2) is 7.98. The van der Waals surface area contributed by atoms with Gasteiger partial charge in [-0.2, -0.15) is 10.5 Å². The van der Waals surface area contributed by atoms with E-state index < -0.39 is 10.8 Å². The number of nitro groups is 1. The summed E-state index contributed by atoms with van der Waals surface area (Å²) in [4.78, 5) is 19.4. The summed E-state index contributed by atoms with van der Waals surface area (Å²) in [5.41, 5.74) is 8.10. The lowest BCUT2D eigenvalue weighted by molar-refractivity contribution is -0.432. The number of allylic oxidation sites excluding steroid dienone is 1. The topological polar surface area (TPSA) is 136 Å². The van der Waals surface area contributed by atoms with Crippen LogP contribution in [-0.2, 0) is 6.54 Å². The van der Waals surface area contributed by atoms with Crippen molar-refractivity contribution in [3.05, 3.63) is 97.5 Å². The molecule has 154 valence electrons. The quantitative estimate of drug-likeness (QED) is 0.441. The van der Waals surface area contributed by atoms with Gasteiger partial charge in [0.2, 0.25) is 0 Å². The minimum atomic E-state index is -0.942. The van der Waals surface area contributed by atoms with E-state index in [2.05, 4.69) is 11.1 Å². The van der Waals surface area contributed by atoms with E-state index >= 15 is 0 Å². The Morgan fingerprint density at radius 1 is 1.19 bits per heavy atom. The number of benzene rings is 1. The number of nitrogens with zero attached hydrogens (tertiary/aromatic N) is 6. The maximum absolute atomic E-state index is 12.3. The molecule has 1 unspecified atom stereocenters. The van der Waals surface area contributed by atoms with Crippen molar-refractivity contribution in [1.29, 1.82) is 10.5 Å². The molecule has 31 heavy (non-hydrogen) atoms. The zero-order chi connectivity index (χ0) is 22.1. The molecule has 1 saturated heterocycles. The molecule has 0 spiro atoms. The summed E-state index contributed by atoms with van der Waals surface area (Å²) in [7, 11) is 0. The summed E-state index contributed by atoms with van der Waals surface area (Å²) in [5.74, 6) is -0.372. The molecule has 0 aliphatic carbocycles. The second-order valence-corrected chi connectivity index (χ2v) is 7.49. The van der Waals surface area contributed by atoms with Crippen LogP contribution in [0.5, 0.6) is 0 Å². The van der Waals surface area contributed by atoms with Gasteiger partial charge in [-0.3, -0.25) is 10.1 Å². The second-order valence-electron chi connectivity index (χ2n) is 7.11. The van der Waals surface area contributed by atoms with Gasteiger partial charge in [0.05, 0.1) is 28.2 Å². The van der Waals surface area contributed by atoms with Crippen molar-refractivity contribution in [2.24, 2.45) is 5.73 Å². The number of nitrogens with two attached hydrogens (primary N) is 1. The molecule has 3 heterocycles. The minimum absolute atomic E-state index is 0.116. The van der Waals surface area contributed by atoms with Crippen LogP contribution in [0.3, 0.4) is 0 Å². The Kier molecular flexibility index (Phi) is 5.20. The molecule has 0 saturated carbocycles. The molecule has 4 rings (SSSR count). The Morgan fingerprint density at radius 3 is 2.52 bits per heavy atom. The summed E-state index contributed by atoms with van der Waals surface area (Å²) < 4.78 is 0. The van der Waals surface area contributed by atoms with Gasteiger partial charge in [-0.25, -0.2) is 4.98 Å². The number of pyridine rings is 1. The molecule has 2 aliphatic rings. The van der Waals surface area contributed by atoms with E-state index in [0.29, 0.717) is 41.7 Å². The SMILES string of the molecule is N#CC1=C(N)N2CCN(Cc3ccc(Cl)nc3)C2=C([N+](=O)[O-])C1c1ccc(C#N)cc1. The Hall–Kier alpha value is -4.08. The lowest BCUT2D eigenvalue weighted by Gasteiger charge is -2.32. The van der Waals surface area contributed by atoms with Crippen LogP contribution < -0.4 is 5.73 Å². The van der Waals surface area contributed by atoms with Crippen molar-refractivity contribution in [2.75, 3.05) is 13.1 Å². The predicted molar refractivity (Wildman–Crippen MR) is 111 cm³/mol. The molecule has 10 heteroatoms. The van der Waals surface area contributed by atoms with E-state index in [1.807, 2.05) is 17.0 Å². The summed E-state index contributed by atoms with van der Waals surface area (Å²) in [6.07, 6.45) is 1.62. The molecule has 2 N–H and O–H groups in total. The standard InChI is InChI=1S/C21H16ClN7O2/c22-17-6-3-14(11-26-17)12-27-7-8-28-20(25)16(10-24)18(19(21(27)28)29(30)31)15-4-1-13(9-23)2-5-15/h1-6,11,18H,7-8,12,25H2. The number of halogens is 1. The highest BCUT2D eigenvalue weighted by Crippen LogP contribution is 2.43. The highest BCUT2D eigenvalue weighted by atomic mass is 35.5. The lowest BCUT2D eigenvalue weighted by Crippen LogP contribution is -2.37. The number of aromatic nitrogens is 1. The molecule has 0 amide bonds. The first-order valence-electron chi connectivity index (χ1n) is 9.36. The fourth-order valence-corrected chi connectivity index (χ4v) is 4.07. The summed E-state index contributed by atoms with van der Waals surface area (Å²) in [6, 6.07) is 13.9. The van der Waals surface area contributed by atoms with E-state index in [4.69, 9.17) is 22.6 Å². The smallest absolute Gasteiger partial charge is 0.299 e. The number of hydrogen-bond donors (Lipinski definition) is 1. The molecule has 1 atom stereocenters. The molecule has 1 aromatic heterocycles. The fourth-order valence-electron chi connectivity index (χ4n) is 3.95. The van der Waals surface area contributed by atoms with Crippen LogP contribution in [0, 0.1) is 32.8 Å². The first-order valence-corrected chi connectivity index (χ1v) is 9.73. The highest BCUT2D eigenvalue weighted by molar-refractivity contribution is 6.29. The van der Waals surface area contributed by atoms with E-state index in [0.717, 1.165) is 5.56 Å². The number of hydrogen-bond acceptors (Lipinski definition) is 8. The van der Waals surface area contributed by atoms with Gasteiger partial charge in [0, 0.05) is 25.8 Å². The highest BCUT2D eigenvalue weighted by Gasteiger charge is 2.46. The molecule has 1 fully saturated rings. The van der Waals surface area contributed by atoms with Crippen molar-refractivity contribution >= 4 is 11.6 Å². The summed E-state index contributed by atoms with van der Waals surface area (Å²) >= 11 is 5.86. The average Bonchev–Trinajstić information content (AvgIpc) is 3.18. The Balaban J connectivity index is 1.84. The van der Waals surface area contributed by atoms with Gasteiger partial charge in [0.1, 0.15) is 16.9 Å². The Morgan fingerprint density at radius 2 is 1.94 bits per heavy atom. The van der Waals surface area contributed by atoms with Crippen LogP contribution in [0.2, 0.25) is 5.15 Å². The fraction of sp³-hybridized carbons (Fsp3) is 0.190. The molecule has 0 radical (unpaired) electrons. The third-order valence-electron chi connectivity index (χ3n) is 5.36. The van der Waals surface area contributed by atoms with Crippen LogP contribution in [-0.4, -0.2) is 32.8 Å². The zero-order valence-electron chi connectivity index (χ0n) is 16.2. The maximum Gasteiger partial charge on any atom is 0.299 e. The largest absolute Gasteiger partial charge is 0.384 e.